The van der Waals surface area contributed by atoms with Gasteiger partial charge in [-0.1, -0.05) is 18.5 Å². The molecule has 0 aliphatic carbocycles. The van der Waals surface area contributed by atoms with Gasteiger partial charge in [0.25, 0.3) is 0 Å². The maximum Gasteiger partial charge on any atom is 0.227 e. The van der Waals surface area contributed by atoms with Gasteiger partial charge in [-0.3, -0.25) is 4.98 Å². The van der Waals surface area contributed by atoms with Gasteiger partial charge in [0.2, 0.25) is 5.88 Å². The van der Waals surface area contributed by atoms with Crippen molar-refractivity contribution in [1.82, 2.24) is 15.0 Å². The van der Waals surface area contributed by atoms with Crippen molar-refractivity contribution < 1.29 is 4.74 Å². The third-order valence-electron chi connectivity index (χ3n) is 2.50. The molecule has 2 aromatic heterocycles. The first kappa shape index (κ1) is 13.5. The van der Waals surface area contributed by atoms with E-state index in [2.05, 4.69) is 20.3 Å². The first-order valence-corrected chi connectivity index (χ1v) is 6.48. The Labute approximate surface area is 117 Å². The summed E-state index contributed by atoms with van der Waals surface area (Å²) in [6, 6.07) is 1.70. The molecule has 0 saturated carbocycles. The van der Waals surface area contributed by atoms with Crippen LogP contribution in [0.5, 0.6) is 11.6 Å². The number of aromatic nitrogens is 3. The molecule has 0 amide bonds. The zero-order valence-corrected chi connectivity index (χ0v) is 11.6. The van der Waals surface area contributed by atoms with Crippen molar-refractivity contribution in [2.75, 3.05) is 11.9 Å². The summed E-state index contributed by atoms with van der Waals surface area (Å²) in [5, 5.41) is 3.72. The Morgan fingerprint density at radius 1 is 1.26 bits per heavy atom. The number of anilines is 1. The highest BCUT2D eigenvalue weighted by atomic mass is 35.5. The van der Waals surface area contributed by atoms with Crippen molar-refractivity contribution in [3.8, 4) is 11.6 Å². The highest BCUT2D eigenvalue weighted by molar-refractivity contribution is 6.30. The lowest BCUT2D eigenvalue weighted by molar-refractivity contribution is 0.453. The minimum absolute atomic E-state index is 0.525. The zero-order valence-electron chi connectivity index (χ0n) is 10.9. The molecule has 2 aromatic rings. The number of ether oxygens (including phenoxy) is 1. The van der Waals surface area contributed by atoms with Gasteiger partial charge in [0.1, 0.15) is 17.9 Å². The van der Waals surface area contributed by atoms with Gasteiger partial charge in [0, 0.05) is 18.8 Å². The molecule has 0 atom stereocenters. The van der Waals surface area contributed by atoms with Gasteiger partial charge < -0.3 is 10.1 Å². The molecule has 0 fully saturated rings. The number of pyridine rings is 1. The molecular formula is C13H15ClN4O. The summed E-state index contributed by atoms with van der Waals surface area (Å²) in [4.78, 5) is 12.4. The Morgan fingerprint density at radius 3 is 2.79 bits per heavy atom. The predicted octanol–water partition coefficient (Wildman–Crippen LogP) is 3.31. The standard InChI is InChI=1S/C13H15ClN4O/c1-3-11-12(16-4-2)17-8-18-13(11)19-10-5-9(14)6-15-7-10/h5-8H,3-4H2,1-2H3,(H,16,17,18). The molecule has 0 bridgehead atoms. The van der Waals surface area contributed by atoms with Gasteiger partial charge in [0.05, 0.1) is 16.8 Å². The second kappa shape index (κ2) is 6.33. The van der Waals surface area contributed by atoms with E-state index in [0.717, 1.165) is 24.3 Å². The smallest absolute Gasteiger partial charge is 0.227 e. The Balaban J connectivity index is 2.31. The molecule has 0 spiro atoms. The Bertz CT molecular complexity index is 562. The molecule has 1 N–H and O–H groups in total. The van der Waals surface area contributed by atoms with E-state index in [-0.39, 0.29) is 0 Å². The number of halogens is 1. The van der Waals surface area contributed by atoms with Gasteiger partial charge in [-0.05, 0) is 13.3 Å². The second-order valence-corrected chi connectivity index (χ2v) is 4.27. The lowest BCUT2D eigenvalue weighted by Gasteiger charge is -2.12. The maximum atomic E-state index is 5.88. The van der Waals surface area contributed by atoms with Gasteiger partial charge >= 0.3 is 0 Å². The molecule has 0 saturated heterocycles. The molecule has 2 heterocycles. The van der Waals surface area contributed by atoms with Crippen molar-refractivity contribution in [2.45, 2.75) is 20.3 Å². The Hall–Kier alpha value is -1.88. The van der Waals surface area contributed by atoms with Gasteiger partial charge in [0.15, 0.2) is 0 Å². The molecule has 100 valence electrons. The summed E-state index contributed by atoms with van der Waals surface area (Å²) >= 11 is 5.88. The van der Waals surface area contributed by atoms with E-state index in [4.69, 9.17) is 16.3 Å². The first-order valence-electron chi connectivity index (χ1n) is 6.10. The van der Waals surface area contributed by atoms with E-state index < -0.39 is 0 Å². The van der Waals surface area contributed by atoms with Gasteiger partial charge in [-0.15, -0.1) is 0 Å². The summed E-state index contributed by atoms with van der Waals surface area (Å²) < 4.78 is 5.73. The van der Waals surface area contributed by atoms with E-state index in [0.29, 0.717) is 16.7 Å². The van der Waals surface area contributed by atoms with Crippen LogP contribution in [0.2, 0.25) is 5.02 Å². The molecule has 0 radical (unpaired) electrons. The molecule has 0 aliphatic heterocycles. The Morgan fingerprint density at radius 2 is 2.11 bits per heavy atom. The lowest BCUT2D eigenvalue weighted by Crippen LogP contribution is -2.05. The molecule has 5 nitrogen and oxygen atoms in total. The van der Waals surface area contributed by atoms with E-state index in [1.807, 2.05) is 13.8 Å². The van der Waals surface area contributed by atoms with E-state index in [1.54, 1.807) is 18.5 Å². The van der Waals surface area contributed by atoms with Crippen molar-refractivity contribution in [3.63, 3.8) is 0 Å². The summed E-state index contributed by atoms with van der Waals surface area (Å²) in [5.74, 6) is 1.88. The number of rotatable bonds is 5. The summed E-state index contributed by atoms with van der Waals surface area (Å²) in [5.41, 5.74) is 0.935. The van der Waals surface area contributed by atoms with Crippen LogP contribution in [0.3, 0.4) is 0 Å². The number of hydrogen-bond donors (Lipinski definition) is 1. The van der Waals surface area contributed by atoms with Crippen molar-refractivity contribution in [2.24, 2.45) is 0 Å². The van der Waals surface area contributed by atoms with Gasteiger partial charge in [-0.25, -0.2) is 9.97 Å². The molecule has 0 unspecified atom stereocenters. The normalized spacial score (nSPS) is 10.3. The Kier molecular flexibility index (Phi) is 4.52. The van der Waals surface area contributed by atoms with E-state index in [9.17, 15) is 0 Å². The average Bonchev–Trinajstić information content (AvgIpc) is 2.39. The van der Waals surface area contributed by atoms with Crippen LogP contribution in [0, 0.1) is 0 Å². The topological polar surface area (TPSA) is 59.9 Å². The molecule has 19 heavy (non-hydrogen) atoms. The number of nitrogens with zero attached hydrogens (tertiary/aromatic N) is 3. The fourth-order valence-corrected chi connectivity index (χ4v) is 1.85. The summed E-state index contributed by atoms with van der Waals surface area (Å²) in [6.45, 7) is 4.84. The fraction of sp³-hybridized carbons (Fsp3) is 0.308. The van der Waals surface area contributed by atoms with Crippen LogP contribution in [-0.4, -0.2) is 21.5 Å². The minimum atomic E-state index is 0.525. The first-order chi connectivity index (χ1) is 9.24. The molecule has 6 heteroatoms. The maximum absolute atomic E-state index is 5.88. The monoisotopic (exact) mass is 278 g/mol. The van der Waals surface area contributed by atoms with Crippen LogP contribution in [0.15, 0.2) is 24.8 Å². The zero-order chi connectivity index (χ0) is 13.7. The molecule has 0 aliphatic rings. The van der Waals surface area contributed by atoms with Crippen LogP contribution in [0.4, 0.5) is 5.82 Å². The third-order valence-corrected chi connectivity index (χ3v) is 2.70. The third kappa shape index (κ3) is 3.32. The van der Waals surface area contributed by atoms with Crippen LogP contribution in [0.25, 0.3) is 0 Å². The average molecular weight is 279 g/mol. The minimum Gasteiger partial charge on any atom is -0.437 e. The largest absolute Gasteiger partial charge is 0.437 e. The summed E-state index contributed by atoms with van der Waals surface area (Å²) in [6.07, 6.45) is 5.40. The number of hydrogen-bond acceptors (Lipinski definition) is 5. The fourth-order valence-electron chi connectivity index (χ4n) is 1.68. The van der Waals surface area contributed by atoms with Crippen molar-refractivity contribution in [1.29, 1.82) is 0 Å². The SMILES string of the molecule is CCNc1ncnc(Oc2cncc(Cl)c2)c1CC. The quantitative estimate of drug-likeness (QED) is 0.909. The molecule has 0 aromatic carbocycles. The molecule has 2 rings (SSSR count). The van der Waals surface area contributed by atoms with E-state index in [1.165, 1.54) is 6.33 Å². The number of nitrogens with one attached hydrogen (secondary N) is 1. The van der Waals surface area contributed by atoms with Crippen molar-refractivity contribution in [3.05, 3.63) is 35.4 Å². The predicted molar refractivity (Wildman–Crippen MR) is 74.9 cm³/mol. The van der Waals surface area contributed by atoms with Crippen LogP contribution < -0.4 is 10.1 Å². The van der Waals surface area contributed by atoms with Gasteiger partial charge in [-0.2, -0.15) is 0 Å². The second-order valence-electron chi connectivity index (χ2n) is 3.83. The van der Waals surface area contributed by atoms with Crippen LogP contribution in [0.1, 0.15) is 19.4 Å². The highest BCUT2D eigenvalue weighted by Crippen LogP contribution is 2.27. The lowest BCUT2D eigenvalue weighted by atomic mass is 10.2. The van der Waals surface area contributed by atoms with Crippen LogP contribution in [-0.2, 0) is 6.42 Å². The van der Waals surface area contributed by atoms with Crippen LogP contribution >= 0.6 is 11.6 Å². The highest BCUT2D eigenvalue weighted by Gasteiger charge is 2.11. The van der Waals surface area contributed by atoms with E-state index >= 15 is 0 Å². The summed E-state index contributed by atoms with van der Waals surface area (Å²) in [7, 11) is 0. The molecular weight excluding hydrogens is 264 g/mol. The van der Waals surface area contributed by atoms with Crippen molar-refractivity contribution >= 4 is 17.4 Å².